The molecule has 1 saturated carbocycles. The molecule has 0 aromatic heterocycles. The summed E-state index contributed by atoms with van der Waals surface area (Å²) in [6.07, 6.45) is 3.56. The first-order valence-electron chi connectivity index (χ1n) is 11.1. The second-order valence-corrected chi connectivity index (χ2v) is 8.45. The van der Waals surface area contributed by atoms with Gasteiger partial charge in [-0.2, -0.15) is 0 Å². The van der Waals surface area contributed by atoms with Gasteiger partial charge in [0.25, 0.3) is 17.5 Å². The van der Waals surface area contributed by atoms with Crippen LogP contribution in [0.15, 0.2) is 48.5 Å². The van der Waals surface area contributed by atoms with E-state index in [1.807, 2.05) is 4.90 Å². The van der Waals surface area contributed by atoms with Crippen LogP contribution in [0.5, 0.6) is 0 Å². The average molecular weight is 455 g/mol. The first-order valence-corrected chi connectivity index (χ1v) is 11.1. The number of benzene rings is 2. The first kappa shape index (κ1) is 22.8. The van der Waals surface area contributed by atoms with Crippen LogP contribution in [0, 0.1) is 15.9 Å². The van der Waals surface area contributed by atoms with Crippen molar-refractivity contribution in [1.82, 2.24) is 9.80 Å². The highest BCUT2D eigenvalue weighted by atomic mass is 19.1. The fraction of sp³-hybridized carbons (Fsp3) is 0.417. The maximum absolute atomic E-state index is 13.3. The van der Waals surface area contributed by atoms with Gasteiger partial charge >= 0.3 is 0 Å². The number of hydrogen-bond acceptors (Lipinski definition) is 5. The Hall–Kier alpha value is -3.33. The number of nitro benzene ring substituents is 1. The lowest BCUT2D eigenvalue weighted by Gasteiger charge is -2.38. The van der Waals surface area contributed by atoms with E-state index in [-0.39, 0.29) is 29.6 Å². The van der Waals surface area contributed by atoms with Crippen LogP contribution in [0.3, 0.4) is 0 Å². The highest BCUT2D eigenvalue weighted by Crippen LogP contribution is 2.26. The van der Waals surface area contributed by atoms with Gasteiger partial charge in [-0.25, -0.2) is 4.39 Å². The second-order valence-electron chi connectivity index (χ2n) is 8.45. The number of hydrogen-bond donors (Lipinski definition) is 0. The molecule has 0 N–H and O–H groups in total. The molecule has 0 spiro atoms. The number of nitro groups is 1. The topological polar surface area (TPSA) is 93.0 Å². The van der Waals surface area contributed by atoms with Crippen LogP contribution in [0.1, 0.15) is 46.4 Å². The molecule has 9 heteroatoms. The molecular weight excluding hydrogens is 429 g/mol. The Morgan fingerprint density at radius 2 is 1.70 bits per heavy atom. The van der Waals surface area contributed by atoms with Crippen molar-refractivity contribution >= 4 is 17.5 Å². The van der Waals surface area contributed by atoms with Gasteiger partial charge in [0.05, 0.1) is 17.6 Å². The maximum atomic E-state index is 13.3. The normalized spacial score (nSPS) is 18.8. The van der Waals surface area contributed by atoms with E-state index in [2.05, 4.69) is 0 Å². The quantitative estimate of drug-likeness (QED) is 0.490. The molecule has 174 valence electrons. The van der Waals surface area contributed by atoms with Gasteiger partial charge in [-0.1, -0.05) is 12.8 Å². The van der Waals surface area contributed by atoms with E-state index in [0.29, 0.717) is 37.4 Å². The lowest BCUT2D eigenvalue weighted by atomic mass is 10.1. The lowest BCUT2D eigenvalue weighted by molar-refractivity contribution is -0.384. The minimum Gasteiger partial charge on any atom is -0.373 e. The fourth-order valence-corrected chi connectivity index (χ4v) is 4.51. The minimum atomic E-state index is -0.505. The maximum Gasteiger partial charge on any atom is 0.269 e. The van der Waals surface area contributed by atoms with Gasteiger partial charge in [-0.3, -0.25) is 19.7 Å². The molecule has 1 saturated heterocycles. The van der Waals surface area contributed by atoms with Crippen molar-refractivity contribution in [2.45, 2.75) is 37.8 Å². The zero-order chi connectivity index (χ0) is 23.4. The molecule has 1 aliphatic carbocycles. The van der Waals surface area contributed by atoms with Crippen LogP contribution in [-0.4, -0.2) is 64.9 Å². The number of morpholine rings is 1. The molecule has 1 heterocycles. The molecule has 2 amide bonds. The number of carbonyl (C=O) groups excluding carboxylic acids is 2. The molecule has 33 heavy (non-hydrogen) atoms. The Morgan fingerprint density at radius 3 is 2.33 bits per heavy atom. The zero-order valence-corrected chi connectivity index (χ0v) is 18.2. The van der Waals surface area contributed by atoms with E-state index in [1.54, 1.807) is 4.90 Å². The molecule has 8 nitrogen and oxygen atoms in total. The van der Waals surface area contributed by atoms with Crippen molar-refractivity contribution in [3.05, 3.63) is 75.6 Å². The third-order valence-electron chi connectivity index (χ3n) is 6.27. The number of nitrogens with zero attached hydrogens (tertiary/aromatic N) is 3. The van der Waals surface area contributed by atoms with Crippen molar-refractivity contribution in [3.8, 4) is 0 Å². The van der Waals surface area contributed by atoms with Crippen molar-refractivity contribution in [1.29, 1.82) is 0 Å². The number of rotatable bonds is 6. The van der Waals surface area contributed by atoms with Gasteiger partial charge in [0.15, 0.2) is 0 Å². The largest absolute Gasteiger partial charge is 0.373 e. The molecule has 1 aliphatic heterocycles. The third kappa shape index (κ3) is 5.36. The smallest absolute Gasteiger partial charge is 0.269 e. The van der Waals surface area contributed by atoms with Crippen molar-refractivity contribution in [2.24, 2.45) is 0 Å². The molecule has 0 radical (unpaired) electrons. The van der Waals surface area contributed by atoms with Gasteiger partial charge in [-0.15, -0.1) is 0 Å². The molecule has 1 unspecified atom stereocenters. The van der Waals surface area contributed by atoms with Crippen molar-refractivity contribution < 1.29 is 23.6 Å². The Kier molecular flexibility index (Phi) is 6.98. The van der Waals surface area contributed by atoms with Crippen LogP contribution >= 0.6 is 0 Å². The van der Waals surface area contributed by atoms with E-state index in [4.69, 9.17) is 4.74 Å². The van der Waals surface area contributed by atoms with E-state index in [1.165, 1.54) is 48.5 Å². The number of halogens is 1. The summed E-state index contributed by atoms with van der Waals surface area (Å²) in [6.45, 7) is 1.40. The Balaban J connectivity index is 1.46. The second kappa shape index (κ2) is 10.1. The van der Waals surface area contributed by atoms with Gasteiger partial charge < -0.3 is 14.5 Å². The van der Waals surface area contributed by atoms with Gasteiger partial charge in [0.1, 0.15) is 5.82 Å². The SMILES string of the molecule is O=C(c1ccc([N+](=O)[O-])cc1)N1CCOC(CN(C(=O)c2ccc(F)cc2)C2CCCC2)C1. The predicted octanol–water partition coefficient (Wildman–Crippen LogP) is 3.66. The molecular formula is C24H26FN3O5. The van der Waals surface area contributed by atoms with E-state index >= 15 is 0 Å². The van der Waals surface area contributed by atoms with E-state index in [9.17, 15) is 24.1 Å². The number of amides is 2. The van der Waals surface area contributed by atoms with Crippen LogP contribution in [-0.2, 0) is 4.74 Å². The van der Waals surface area contributed by atoms with Crippen LogP contribution < -0.4 is 0 Å². The predicted molar refractivity (Wildman–Crippen MR) is 118 cm³/mol. The molecule has 0 bridgehead atoms. The fourth-order valence-electron chi connectivity index (χ4n) is 4.51. The molecule has 2 fully saturated rings. The van der Waals surface area contributed by atoms with Crippen LogP contribution in [0.2, 0.25) is 0 Å². The summed E-state index contributed by atoms with van der Waals surface area (Å²) in [5.74, 6) is -0.783. The summed E-state index contributed by atoms with van der Waals surface area (Å²) in [4.78, 5) is 40.0. The van der Waals surface area contributed by atoms with E-state index in [0.717, 1.165) is 25.7 Å². The number of ether oxygens (including phenoxy) is 1. The molecule has 2 aromatic rings. The zero-order valence-electron chi connectivity index (χ0n) is 18.2. The Morgan fingerprint density at radius 1 is 1.06 bits per heavy atom. The summed E-state index contributed by atoms with van der Waals surface area (Å²) in [5.41, 5.74) is 0.729. The van der Waals surface area contributed by atoms with Crippen molar-refractivity contribution in [2.75, 3.05) is 26.2 Å². The number of carbonyl (C=O) groups is 2. The first-order chi connectivity index (χ1) is 15.9. The highest BCUT2D eigenvalue weighted by molar-refractivity contribution is 5.95. The summed E-state index contributed by atoms with van der Waals surface area (Å²) in [5, 5.41) is 10.9. The van der Waals surface area contributed by atoms with Crippen molar-refractivity contribution in [3.63, 3.8) is 0 Å². The average Bonchev–Trinajstić information content (AvgIpc) is 3.37. The van der Waals surface area contributed by atoms with Gasteiger partial charge in [0, 0.05) is 48.9 Å². The number of non-ortho nitro benzene ring substituents is 1. The standard InChI is InChI=1S/C24H26FN3O5/c25-19-9-5-18(6-10-19)24(30)27(20-3-1-2-4-20)16-22-15-26(13-14-33-22)23(29)17-7-11-21(12-8-17)28(31)32/h5-12,20,22H,1-4,13-16H2. The Labute approximate surface area is 191 Å². The summed E-state index contributed by atoms with van der Waals surface area (Å²) in [7, 11) is 0. The van der Waals surface area contributed by atoms with Crippen LogP contribution in [0.25, 0.3) is 0 Å². The Bertz CT molecular complexity index is 1010. The van der Waals surface area contributed by atoms with Gasteiger partial charge in [0.2, 0.25) is 0 Å². The summed E-state index contributed by atoms with van der Waals surface area (Å²) >= 11 is 0. The van der Waals surface area contributed by atoms with Crippen LogP contribution in [0.4, 0.5) is 10.1 Å². The molecule has 4 rings (SSSR count). The monoisotopic (exact) mass is 455 g/mol. The minimum absolute atomic E-state index is 0.0714. The van der Waals surface area contributed by atoms with E-state index < -0.39 is 10.7 Å². The summed E-state index contributed by atoms with van der Waals surface area (Å²) in [6, 6.07) is 11.2. The highest BCUT2D eigenvalue weighted by Gasteiger charge is 2.33. The molecule has 1 atom stereocenters. The molecule has 2 aliphatic rings. The third-order valence-corrected chi connectivity index (χ3v) is 6.27. The van der Waals surface area contributed by atoms with Gasteiger partial charge in [-0.05, 0) is 49.2 Å². The summed E-state index contributed by atoms with van der Waals surface area (Å²) < 4.78 is 19.2. The molecule has 2 aromatic carbocycles. The lowest BCUT2D eigenvalue weighted by Crippen LogP contribution is -2.52.